The fourth-order valence-corrected chi connectivity index (χ4v) is 5.98. The number of carboxylic acid groups (broad SMARTS) is 1. The Morgan fingerprint density at radius 2 is 1.51 bits per heavy atom. The minimum atomic E-state index is -4.46. The number of halogens is 2. The van der Waals surface area contributed by atoms with Crippen LogP contribution in [0, 0.1) is 17.6 Å². The molecule has 43 heavy (non-hydrogen) atoms. The Bertz CT molecular complexity index is 1760. The molecule has 9 nitrogen and oxygen atoms in total. The molecular formula is C31H25F2NO8S. The van der Waals surface area contributed by atoms with Crippen molar-refractivity contribution in [2.24, 2.45) is 5.92 Å². The molecule has 0 aliphatic carbocycles. The summed E-state index contributed by atoms with van der Waals surface area (Å²) < 4.78 is 57.6. The number of nitrogens with zero attached hydrogens (tertiary/aromatic N) is 1. The number of amides is 1. The number of aliphatic hydroxyl groups excluding tert-OH is 1. The largest absolute Gasteiger partial charge is 0.507 e. The first-order chi connectivity index (χ1) is 20.4. The number of hydrogen-bond donors (Lipinski definition) is 3. The van der Waals surface area contributed by atoms with Crippen LogP contribution in [-0.2, 0) is 14.9 Å². The highest BCUT2D eigenvalue weighted by molar-refractivity contribution is 7.87. The van der Waals surface area contributed by atoms with Gasteiger partial charge in [-0.15, -0.1) is 0 Å². The van der Waals surface area contributed by atoms with Crippen molar-refractivity contribution in [1.82, 2.24) is 0 Å². The average Bonchev–Trinajstić information content (AvgIpc) is 2.97. The molecule has 1 heterocycles. The highest BCUT2D eigenvalue weighted by Crippen LogP contribution is 2.46. The molecule has 2 unspecified atom stereocenters. The van der Waals surface area contributed by atoms with Gasteiger partial charge >= 0.3 is 16.1 Å². The fourth-order valence-electron chi connectivity index (χ4n) is 5.03. The van der Waals surface area contributed by atoms with E-state index in [1.807, 2.05) is 0 Å². The molecule has 12 heteroatoms. The van der Waals surface area contributed by atoms with Gasteiger partial charge in [0.2, 0.25) is 5.91 Å². The van der Waals surface area contributed by atoms with Crippen molar-refractivity contribution in [2.45, 2.75) is 29.9 Å². The number of aromatic carboxylic acids is 1. The maximum Gasteiger partial charge on any atom is 0.339 e. The summed E-state index contributed by atoms with van der Waals surface area (Å²) in [5, 5.41) is 29.5. The van der Waals surface area contributed by atoms with Gasteiger partial charge in [0.1, 0.15) is 33.6 Å². The molecule has 1 fully saturated rings. The van der Waals surface area contributed by atoms with E-state index in [4.69, 9.17) is 4.18 Å². The summed E-state index contributed by atoms with van der Waals surface area (Å²) in [5.41, 5.74) is 0.974. The standard InChI is InChI=1S/C31H25F2NO8S/c32-20-5-1-18(2-6-20)27(35)16-14-25-29(34(30(25)37)22-9-7-21(33)8-10-22)19-3-11-23(12-4-19)42-43(40,41)24-13-15-28(36)26(17-24)31(38)39/h1-13,15,17,25,27,29,35-36H,14,16H2,(H,38,39)/t25?,27?,29-/m1/s1. The molecule has 1 saturated heterocycles. The van der Waals surface area contributed by atoms with E-state index in [1.54, 1.807) is 12.1 Å². The maximum atomic E-state index is 13.6. The Hall–Kier alpha value is -4.81. The number of hydrogen-bond acceptors (Lipinski definition) is 7. The fraction of sp³-hybridized carbons (Fsp3) is 0.161. The molecule has 0 radical (unpaired) electrons. The lowest BCUT2D eigenvalue weighted by Crippen LogP contribution is -2.55. The number of β-lactam (4-membered cyclic amide) rings is 1. The summed E-state index contributed by atoms with van der Waals surface area (Å²) in [6, 6.07) is 18.9. The van der Waals surface area contributed by atoms with E-state index in [-0.39, 0.29) is 24.5 Å². The number of aliphatic hydroxyl groups is 1. The van der Waals surface area contributed by atoms with Crippen LogP contribution in [0.1, 0.15) is 46.5 Å². The molecule has 1 aliphatic rings. The highest BCUT2D eigenvalue weighted by Gasteiger charge is 2.48. The molecule has 1 amide bonds. The van der Waals surface area contributed by atoms with Crippen LogP contribution in [0.15, 0.2) is 95.9 Å². The molecule has 0 saturated carbocycles. The second kappa shape index (κ2) is 11.8. The van der Waals surface area contributed by atoms with Gasteiger partial charge in [0.05, 0.1) is 18.1 Å². The van der Waals surface area contributed by atoms with E-state index in [9.17, 15) is 42.1 Å². The van der Waals surface area contributed by atoms with Gasteiger partial charge in [-0.05, 0) is 90.7 Å². The van der Waals surface area contributed by atoms with Crippen molar-refractivity contribution >= 4 is 27.7 Å². The van der Waals surface area contributed by atoms with Crippen molar-refractivity contribution < 1.29 is 46.3 Å². The van der Waals surface area contributed by atoms with Gasteiger partial charge in [0.25, 0.3) is 0 Å². The Kier molecular flexibility index (Phi) is 8.16. The minimum absolute atomic E-state index is 0.0871. The van der Waals surface area contributed by atoms with Gasteiger partial charge < -0.3 is 24.4 Å². The summed E-state index contributed by atoms with van der Waals surface area (Å²) >= 11 is 0. The SMILES string of the molecule is O=C(O)c1cc(S(=O)(=O)Oc2ccc([C@@H]3C(CCC(O)c4ccc(F)cc4)C(=O)N3c3ccc(F)cc3)cc2)ccc1O. The molecule has 0 bridgehead atoms. The predicted octanol–water partition coefficient (Wildman–Crippen LogP) is 5.35. The smallest absolute Gasteiger partial charge is 0.339 e. The van der Waals surface area contributed by atoms with Crippen molar-refractivity contribution in [3.05, 3.63) is 119 Å². The van der Waals surface area contributed by atoms with E-state index in [0.29, 0.717) is 16.8 Å². The maximum absolute atomic E-state index is 13.6. The van der Waals surface area contributed by atoms with Gasteiger partial charge in [-0.2, -0.15) is 8.42 Å². The molecular weight excluding hydrogens is 584 g/mol. The number of carbonyl (C=O) groups excluding carboxylic acids is 1. The van der Waals surface area contributed by atoms with Crippen molar-refractivity contribution in [3.63, 3.8) is 0 Å². The number of aromatic hydroxyl groups is 1. The van der Waals surface area contributed by atoms with Gasteiger partial charge in [0.15, 0.2) is 0 Å². The van der Waals surface area contributed by atoms with E-state index in [1.165, 1.54) is 65.6 Å². The summed E-state index contributed by atoms with van der Waals surface area (Å²) in [6.45, 7) is 0. The predicted molar refractivity (Wildman–Crippen MR) is 150 cm³/mol. The lowest BCUT2D eigenvalue weighted by molar-refractivity contribution is -0.131. The normalized spacial score (nSPS) is 17.3. The lowest BCUT2D eigenvalue weighted by Gasteiger charge is -2.48. The zero-order chi connectivity index (χ0) is 30.9. The van der Waals surface area contributed by atoms with Crippen LogP contribution >= 0.6 is 0 Å². The van der Waals surface area contributed by atoms with Gasteiger partial charge in [-0.25, -0.2) is 13.6 Å². The van der Waals surface area contributed by atoms with Crippen LogP contribution in [0.2, 0.25) is 0 Å². The first kappa shape index (κ1) is 29.7. The van der Waals surface area contributed by atoms with E-state index in [0.717, 1.165) is 18.2 Å². The number of anilines is 1. The molecule has 3 N–H and O–H groups in total. The quantitative estimate of drug-likeness (QED) is 0.161. The Morgan fingerprint density at radius 1 is 0.907 bits per heavy atom. The number of benzene rings is 4. The number of phenols is 1. The summed E-state index contributed by atoms with van der Waals surface area (Å²) in [4.78, 5) is 25.6. The molecule has 3 atom stereocenters. The molecule has 5 rings (SSSR count). The summed E-state index contributed by atoms with van der Waals surface area (Å²) in [7, 11) is -4.46. The second-order valence-corrected chi connectivity index (χ2v) is 11.5. The molecule has 4 aromatic rings. The van der Waals surface area contributed by atoms with Crippen LogP contribution in [0.5, 0.6) is 11.5 Å². The van der Waals surface area contributed by atoms with Crippen molar-refractivity contribution in [1.29, 1.82) is 0 Å². The third-order valence-corrected chi connectivity index (χ3v) is 8.48. The van der Waals surface area contributed by atoms with Crippen LogP contribution in [0.3, 0.4) is 0 Å². The third kappa shape index (κ3) is 6.20. The monoisotopic (exact) mass is 609 g/mol. The highest BCUT2D eigenvalue weighted by atomic mass is 32.2. The lowest BCUT2D eigenvalue weighted by atomic mass is 9.78. The number of rotatable bonds is 10. The number of carboxylic acids is 1. The molecule has 0 spiro atoms. The minimum Gasteiger partial charge on any atom is -0.507 e. The van der Waals surface area contributed by atoms with Gasteiger partial charge in [-0.3, -0.25) is 4.79 Å². The molecule has 4 aromatic carbocycles. The summed E-state index contributed by atoms with van der Waals surface area (Å²) in [6.07, 6.45) is -0.448. The first-order valence-corrected chi connectivity index (χ1v) is 14.5. The zero-order valence-electron chi connectivity index (χ0n) is 22.3. The molecule has 0 aromatic heterocycles. The Labute approximate surface area is 245 Å². The average molecular weight is 610 g/mol. The Morgan fingerprint density at radius 3 is 2.12 bits per heavy atom. The van der Waals surface area contributed by atoms with E-state index >= 15 is 0 Å². The van der Waals surface area contributed by atoms with E-state index < -0.39 is 62.0 Å². The first-order valence-electron chi connectivity index (χ1n) is 13.1. The second-order valence-electron chi connectivity index (χ2n) is 9.97. The van der Waals surface area contributed by atoms with Gasteiger partial charge in [0, 0.05) is 5.69 Å². The topological polar surface area (TPSA) is 141 Å². The Balaban J connectivity index is 1.37. The van der Waals surface area contributed by atoms with E-state index in [2.05, 4.69) is 0 Å². The third-order valence-electron chi connectivity index (χ3n) is 7.24. The molecule has 222 valence electrons. The van der Waals surface area contributed by atoms with Crippen LogP contribution in [-0.4, -0.2) is 35.6 Å². The summed E-state index contributed by atoms with van der Waals surface area (Å²) in [5.74, 6) is -3.92. The van der Waals surface area contributed by atoms with Crippen LogP contribution in [0.25, 0.3) is 0 Å². The van der Waals surface area contributed by atoms with Crippen LogP contribution in [0.4, 0.5) is 14.5 Å². The van der Waals surface area contributed by atoms with Gasteiger partial charge in [-0.1, -0.05) is 24.3 Å². The zero-order valence-corrected chi connectivity index (χ0v) is 23.1. The number of carbonyl (C=O) groups is 2. The van der Waals surface area contributed by atoms with Crippen LogP contribution < -0.4 is 9.08 Å². The van der Waals surface area contributed by atoms with Crippen molar-refractivity contribution in [2.75, 3.05) is 4.90 Å². The molecule has 1 aliphatic heterocycles. The van der Waals surface area contributed by atoms with Crippen molar-refractivity contribution in [3.8, 4) is 11.5 Å².